The van der Waals surface area contributed by atoms with Crippen molar-refractivity contribution < 1.29 is 13.7 Å². The topological polar surface area (TPSA) is 81.4 Å². The van der Waals surface area contributed by atoms with Gasteiger partial charge in [0.1, 0.15) is 5.75 Å². The van der Waals surface area contributed by atoms with Crippen molar-refractivity contribution in [1.82, 2.24) is 5.32 Å². The van der Waals surface area contributed by atoms with Crippen molar-refractivity contribution >= 4 is 22.4 Å². The van der Waals surface area contributed by atoms with Crippen molar-refractivity contribution in [2.75, 3.05) is 25.2 Å². The number of nitrogen functional groups attached to an aromatic ring is 1. The third-order valence-electron chi connectivity index (χ3n) is 2.53. The molecule has 5 nitrogen and oxygen atoms in total. The van der Waals surface area contributed by atoms with E-state index in [0.29, 0.717) is 17.2 Å². The van der Waals surface area contributed by atoms with Gasteiger partial charge in [0.15, 0.2) is 0 Å². The number of ether oxygens (including phenoxy) is 1. The summed E-state index contributed by atoms with van der Waals surface area (Å²) in [6.07, 6.45) is 0. The number of rotatable bonds is 6. The molecule has 1 aromatic rings. The van der Waals surface area contributed by atoms with Gasteiger partial charge in [0.2, 0.25) is 5.91 Å². The van der Waals surface area contributed by atoms with Crippen molar-refractivity contribution in [3.8, 4) is 0 Å². The number of benzene rings is 1. The Bertz CT molecular complexity index is 477. The van der Waals surface area contributed by atoms with Gasteiger partial charge < -0.3 is 15.8 Å². The van der Waals surface area contributed by atoms with Crippen molar-refractivity contribution in [2.45, 2.75) is 24.8 Å². The number of hydrogen-bond acceptors (Lipinski definition) is 4. The van der Waals surface area contributed by atoms with Gasteiger partial charge in [0.05, 0.1) is 17.4 Å². The highest BCUT2D eigenvalue weighted by Crippen LogP contribution is 2.16. The smallest absolute Gasteiger partial charge is 0.233 e. The lowest BCUT2D eigenvalue weighted by Crippen LogP contribution is -2.38. The van der Waals surface area contributed by atoms with Crippen molar-refractivity contribution in [2.24, 2.45) is 0 Å². The lowest BCUT2D eigenvalue weighted by Gasteiger charge is -2.13. The fourth-order valence-corrected chi connectivity index (χ4v) is 2.85. The number of carbonyl (C=O) groups is 1. The Balaban J connectivity index is 2.62. The Hall–Kier alpha value is -1.40. The molecule has 1 amide bonds. The monoisotopic (exact) mass is 284 g/mol. The first-order chi connectivity index (χ1) is 8.93. The fraction of sp³-hybridized carbons (Fsp3) is 0.462. The van der Waals surface area contributed by atoms with Gasteiger partial charge in [-0.25, -0.2) is 0 Å². The molecule has 0 bridgehead atoms. The number of nitrogens with one attached hydrogen (secondary N) is 1. The van der Waals surface area contributed by atoms with Gasteiger partial charge in [-0.05, 0) is 37.6 Å². The van der Waals surface area contributed by atoms with E-state index in [9.17, 15) is 9.00 Å². The van der Waals surface area contributed by atoms with Crippen molar-refractivity contribution in [1.29, 1.82) is 0 Å². The molecule has 0 fully saturated rings. The highest BCUT2D eigenvalue weighted by atomic mass is 32.2. The lowest BCUT2D eigenvalue weighted by atomic mass is 10.2. The molecular weight excluding hydrogens is 264 g/mol. The van der Waals surface area contributed by atoms with Gasteiger partial charge in [-0.3, -0.25) is 9.00 Å². The van der Waals surface area contributed by atoms with E-state index in [4.69, 9.17) is 10.5 Å². The van der Waals surface area contributed by atoms with Gasteiger partial charge in [-0.2, -0.15) is 0 Å². The zero-order chi connectivity index (χ0) is 14.4. The van der Waals surface area contributed by atoms with Crippen LogP contribution in [0.15, 0.2) is 23.1 Å². The summed E-state index contributed by atoms with van der Waals surface area (Å²) in [5.41, 5.74) is 7.09. The maximum atomic E-state index is 12.1. The minimum Gasteiger partial charge on any atom is -0.399 e. The molecule has 0 radical (unpaired) electrons. The van der Waals surface area contributed by atoms with Crippen molar-refractivity contribution in [3.63, 3.8) is 0 Å². The zero-order valence-corrected chi connectivity index (χ0v) is 12.3. The van der Waals surface area contributed by atoms with Crippen LogP contribution in [0, 0.1) is 6.92 Å². The molecule has 0 aromatic heterocycles. The van der Waals surface area contributed by atoms with E-state index >= 15 is 0 Å². The normalized spacial score (nSPS) is 13.8. The molecule has 3 N–H and O–H groups in total. The number of hydrogen-bond donors (Lipinski definition) is 2. The summed E-state index contributed by atoms with van der Waals surface area (Å²) in [6.45, 7) is 4.09. The number of nitrogens with two attached hydrogens (primary N) is 1. The van der Waals surface area contributed by atoms with Crippen LogP contribution >= 0.6 is 0 Å². The summed E-state index contributed by atoms with van der Waals surface area (Å²) >= 11 is 0. The number of aryl methyl sites for hydroxylation is 1. The van der Waals surface area contributed by atoms with Crippen LogP contribution in [-0.4, -0.2) is 35.6 Å². The third kappa shape index (κ3) is 5.00. The average Bonchev–Trinajstić information content (AvgIpc) is 2.28. The van der Waals surface area contributed by atoms with Crippen LogP contribution in [0.5, 0.6) is 0 Å². The zero-order valence-electron chi connectivity index (χ0n) is 11.4. The molecule has 106 valence electrons. The average molecular weight is 284 g/mol. The van der Waals surface area contributed by atoms with E-state index in [0.717, 1.165) is 5.56 Å². The second-order valence-corrected chi connectivity index (χ2v) is 5.86. The lowest BCUT2D eigenvalue weighted by molar-refractivity contribution is -0.119. The molecule has 0 aliphatic rings. The highest BCUT2D eigenvalue weighted by molar-refractivity contribution is 7.85. The summed E-state index contributed by atoms with van der Waals surface area (Å²) in [5.74, 6) is -0.308. The molecule has 2 atom stereocenters. The second-order valence-electron chi connectivity index (χ2n) is 4.44. The Morgan fingerprint density at radius 2 is 2.21 bits per heavy atom. The van der Waals surface area contributed by atoms with E-state index < -0.39 is 10.8 Å². The van der Waals surface area contributed by atoms with Gasteiger partial charge >= 0.3 is 0 Å². The molecule has 1 aromatic carbocycles. The van der Waals surface area contributed by atoms with E-state index in [1.807, 2.05) is 13.8 Å². The van der Waals surface area contributed by atoms with Crippen LogP contribution in [0.3, 0.4) is 0 Å². The van der Waals surface area contributed by atoms with Crippen LogP contribution in [-0.2, 0) is 20.3 Å². The molecule has 1 rings (SSSR count). The van der Waals surface area contributed by atoms with Gasteiger partial charge in [-0.15, -0.1) is 0 Å². The molecule has 0 heterocycles. The minimum atomic E-state index is -1.36. The first kappa shape index (κ1) is 15.7. The second kappa shape index (κ2) is 7.25. The molecule has 19 heavy (non-hydrogen) atoms. The summed E-state index contributed by atoms with van der Waals surface area (Å²) in [7, 11) is 0.206. The Morgan fingerprint density at radius 3 is 2.79 bits per heavy atom. The maximum absolute atomic E-state index is 12.1. The third-order valence-corrected chi connectivity index (χ3v) is 4.00. The van der Waals surface area contributed by atoms with Crippen LogP contribution in [0.25, 0.3) is 0 Å². The number of amides is 1. The quantitative estimate of drug-likeness (QED) is 0.758. The summed E-state index contributed by atoms with van der Waals surface area (Å²) in [6, 6.07) is 5.04. The van der Waals surface area contributed by atoms with Crippen LogP contribution < -0.4 is 11.1 Å². The van der Waals surface area contributed by atoms with E-state index in [1.165, 1.54) is 0 Å². The first-order valence-corrected chi connectivity index (χ1v) is 7.28. The SMILES string of the molecule is COCC(C)NC(=O)CS(=O)c1ccc(N)cc1C. The largest absolute Gasteiger partial charge is 0.399 e. The molecule has 0 aliphatic heterocycles. The van der Waals surface area contributed by atoms with Crippen LogP contribution in [0.1, 0.15) is 12.5 Å². The summed E-state index contributed by atoms with van der Waals surface area (Å²) in [4.78, 5) is 12.3. The molecule has 0 saturated heterocycles. The van der Waals surface area contributed by atoms with E-state index in [1.54, 1.807) is 25.3 Å². The highest BCUT2D eigenvalue weighted by Gasteiger charge is 2.14. The van der Waals surface area contributed by atoms with Crippen molar-refractivity contribution in [3.05, 3.63) is 23.8 Å². The molecular formula is C13H20N2O3S. The molecule has 2 unspecified atom stereocenters. The fourth-order valence-electron chi connectivity index (χ4n) is 1.73. The molecule has 0 aliphatic carbocycles. The number of methoxy groups -OCH3 is 1. The predicted octanol–water partition coefficient (Wildman–Crippen LogP) is 0.836. The maximum Gasteiger partial charge on any atom is 0.233 e. The molecule has 6 heteroatoms. The number of carbonyl (C=O) groups excluding carboxylic acids is 1. The Labute approximate surface area is 116 Å². The van der Waals surface area contributed by atoms with E-state index in [-0.39, 0.29) is 17.7 Å². The Morgan fingerprint density at radius 1 is 1.53 bits per heavy atom. The molecule has 0 spiro atoms. The van der Waals surface area contributed by atoms with Gasteiger partial charge in [0.25, 0.3) is 0 Å². The first-order valence-electron chi connectivity index (χ1n) is 5.97. The van der Waals surface area contributed by atoms with E-state index in [2.05, 4.69) is 5.32 Å². The van der Waals surface area contributed by atoms with Crippen LogP contribution in [0.2, 0.25) is 0 Å². The van der Waals surface area contributed by atoms with Gasteiger partial charge in [-0.1, -0.05) is 0 Å². The molecule has 0 saturated carbocycles. The van der Waals surface area contributed by atoms with Crippen LogP contribution in [0.4, 0.5) is 5.69 Å². The minimum absolute atomic E-state index is 0.0567. The standard InChI is InChI=1S/C13H20N2O3S/c1-9-6-11(14)4-5-12(9)19(17)8-13(16)15-10(2)7-18-3/h4-6,10H,7-8,14H2,1-3H3,(H,15,16). The Kier molecular flexibility index (Phi) is 5.98. The summed E-state index contributed by atoms with van der Waals surface area (Å²) < 4.78 is 17.0. The number of anilines is 1. The summed E-state index contributed by atoms with van der Waals surface area (Å²) in [5, 5.41) is 2.73. The van der Waals surface area contributed by atoms with Gasteiger partial charge in [0, 0.05) is 23.7 Å². The predicted molar refractivity (Wildman–Crippen MR) is 76.3 cm³/mol.